The van der Waals surface area contributed by atoms with Crippen LogP contribution in [-0.4, -0.2) is 16.8 Å². The van der Waals surface area contributed by atoms with Crippen LogP contribution in [0.3, 0.4) is 0 Å². The van der Waals surface area contributed by atoms with Crippen LogP contribution in [0.5, 0.6) is 0 Å². The molecule has 5 nitrogen and oxygen atoms in total. The summed E-state index contributed by atoms with van der Waals surface area (Å²) < 4.78 is 0.691. The van der Waals surface area contributed by atoms with Gasteiger partial charge in [-0.15, -0.1) is 0 Å². The molecule has 0 fully saturated rings. The van der Waals surface area contributed by atoms with E-state index in [0.717, 1.165) is 11.1 Å². The van der Waals surface area contributed by atoms with Gasteiger partial charge in [-0.05, 0) is 47.5 Å². The number of hydrogen-bond acceptors (Lipinski definition) is 3. The summed E-state index contributed by atoms with van der Waals surface area (Å²) in [7, 11) is 0. The maximum atomic E-state index is 12.0. The van der Waals surface area contributed by atoms with Gasteiger partial charge >= 0.3 is 0 Å². The zero-order valence-corrected chi connectivity index (χ0v) is 13.2. The highest BCUT2D eigenvalue weighted by Gasteiger charge is 2.11. The van der Waals surface area contributed by atoms with Crippen LogP contribution in [0, 0.1) is 13.8 Å². The number of pyridine rings is 1. The molecule has 2 rings (SSSR count). The topological polar surface area (TPSA) is 71.1 Å². The van der Waals surface area contributed by atoms with Gasteiger partial charge < -0.3 is 0 Å². The van der Waals surface area contributed by atoms with E-state index in [4.69, 9.17) is 0 Å². The number of halogens is 1. The van der Waals surface area contributed by atoms with Gasteiger partial charge in [-0.25, -0.2) is 0 Å². The van der Waals surface area contributed by atoms with Gasteiger partial charge in [0.1, 0.15) is 0 Å². The van der Waals surface area contributed by atoms with Crippen LogP contribution in [0.1, 0.15) is 31.8 Å². The average Bonchev–Trinajstić information content (AvgIpc) is 2.44. The molecule has 6 heteroatoms. The summed E-state index contributed by atoms with van der Waals surface area (Å²) in [5.41, 5.74) is 7.57. The van der Waals surface area contributed by atoms with Crippen molar-refractivity contribution in [1.82, 2.24) is 15.8 Å². The number of hydrogen-bond donors (Lipinski definition) is 2. The van der Waals surface area contributed by atoms with E-state index in [9.17, 15) is 9.59 Å². The monoisotopic (exact) mass is 347 g/mol. The highest BCUT2D eigenvalue weighted by molar-refractivity contribution is 9.10. The summed E-state index contributed by atoms with van der Waals surface area (Å²) in [4.78, 5) is 27.8. The van der Waals surface area contributed by atoms with Gasteiger partial charge in [-0.3, -0.25) is 25.4 Å². The Labute approximate surface area is 130 Å². The normalized spacial score (nSPS) is 10.0. The van der Waals surface area contributed by atoms with Crippen molar-refractivity contribution in [3.63, 3.8) is 0 Å². The first kappa shape index (κ1) is 15.2. The number of aromatic nitrogens is 1. The zero-order valence-electron chi connectivity index (χ0n) is 11.6. The molecule has 1 aromatic carbocycles. The number of nitrogens with zero attached hydrogens (tertiary/aromatic N) is 1. The standard InChI is InChI=1S/C15H14BrN3O2/c1-9-3-4-13(10(2)5-9)15(21)19-18-14(20)11-6-12(16)8-17-7-11/h3-8H,1-2H3,(H,18,20)(H,19,21). The van der Waals surface area contributed by atoms with Crippen LogP contribution in [0.4, 0.5) is 0 Å². The predicted molar refractivity (Wildman–Crippen MR) is 82.8 cm³/mol. The van der Waals surface area contributed by atoms with E-state index in [-0.39, 0.29) is 5.91 Å². The molecule has 1 heterocycles. The first-order valence-electron chi connectivity index (χ1n) is 6.26. The lowest BCUT2D eigenvalue weighted by atomic mass is 10.1. The van der Waals surface area contributed by atoms with E-state index in [1.54, 1.807) is 18.3 Å². The molecule has 2 aromatic rings. The van der Waals surface area contributed by atoms with E-state index in [1.807, 2.05) is 26.0 Å². The fraction of sp³-hybridized carbons (Fsp3) is 0.133. The molecule has 1 aromatic heterocycles. The van der Waals surface area contributed by atoms with Crippen molar-refractivity contribution < 1.29 is 9.59 Å². The van der Waals surface area contributed by atoms with Gasteiger partial charge in [0.15, 0.2) is 0 Å². The molecule has 2 N–H and O–H groups in total. The Morgan fingerprint density at radius 3 is 2.43 bits per heavy atom. The zero-order chi connectivity index (χ0) is 15.4. The molecular formula is C15H14BrN3O2. The molecule has 21 heavy (non-hydrogen) atoms. The summed E-state index contributed by atoms with van der Waals surface area (Å²) in [6.45, 7) is 3.80. The fourth-order valence-corrected chi connectivity index (χ4v) is 2.22. The molecule has 0 saturated carbocycles. The van der Waals surface area contributed by atoms with E-state index >= 15 is 0 Å². The van der Waals surface area contributed by atoms with Gasteiger partial charge in [-0.2, -0.15) is 0 Å². The highest BCUT2D eigenvalue weighted by atomic mass is 79.9. The van der Waals surface area contributed by atoms with Crippen molar-refractivity contribution in [2.75, 3.05) is 0 Å². The SMILES string of the molecule is Cc1ccc(C(=O)NNC(=O)c2cncc(Br)c2)c(C)c1. The number of carbonyl (C=O) groups excluding carboxylic acids is 2. The minimum atomic E-state index is -0.429. The second-order valence-electron chi connectivity index (χ2n) is 4.62. The van der Waals surface area contributed by atoms with Crippen molar-refractivity contribution in [3.05, 3.63) is 63.4 Å². The minimum absolute atomic E-state index is 0.352. The first-order chi connectivity index (χ1) is 9.97. The average molecular weight is 348 g/mol. The third kappa shape index (κ3) is 3.88. The van der Waals surface area contributed by atoms with Crippen molar-refractivity contribution in [3.8, 4) is 0 Å². The number of amides is 2. The third-order valence-corrected chi connectivity index (χ3v) is 3.32. The molecule has 0 bridgehead atoms. The molecule has 0 spiro atoms. The Morgan fingerprint density at radius 1 is 1.05 bits per heavy atom. The van der Waals surface area contributed by atoms with Crippen LogP contribution in [0.15, 0.2) is 41.1 Å². The number of nitrogens with one attached hydrogen (secondary N) is 2. The number of aryl methyl sites for hydroxylation is 2. The number of rotatable bonds is 2. The quantitative estimate of drug-likeness (QED) is 0.820. The fourth-order valence-electron chi connectivity index (χ4n) is 1.86. The maximum Gasteiger partial charge on any atom is 0.271 e. The van der Waals surface area contributed by atoms with Crippen LogP contribution < -0.4 is 10.9 Å². The number of carbonyl (C=O) groups is 2. The van der Waals surface area contributed by atoms with Gasteiger partial charge in [0, 0.05) is 22.4 Å². The number of hydrazine groups is 1. The Kier molecular flexibility index (Phi) is 4.70. The van der Waals surface area contributed by atoms with E-state index in [2.05, 4.69) is 31.8 Å². The van der Waals surface area contributed by atoms with Crippen molar-refractivity contribution in [2.24, 2.45) is 0 Å². The van der Waals surface area contributed by atoms with E-state index in [0.29, 0.717) is 15.6 Å². The second-order valence-corrected chi connectivity index (χ2v) is 5.53. The minimum Gasteiger partial charge on any atom is -0.267 e. The first-order valence-corrected chi connectivity index (χ1v) is 7.05. The summed E-state index contributed by atoms with van der Waals surface area (Å²) in [6.07, 6.45) is 2.99. The Morgan fingerprint density at radius 2 is 1.76 bits per heavy atom. The molecular weight excluding hydrogens is 334 g/mol. The molecule has 2 amide bonds. The molecule has 0 saturated heterocycles. The summed E-state index contributed by atoms with van der Waals surface area (Å²) >= 11 is 3.23. The van der Waals surface area contributed by atoms with Crippen molar-refractivity contribution in [2.45, 2.75) is 13.8 Å². The molecule has 0 atom stereocenters. The molecule has 0 aliphatic heterocycles. The van der Waals surface area contributed by atoms with E-state index < -0.39 is 5.91 Å². The lowest BCUT2D eigenvalue weighted by Crippen LogP contribution is -2.41. The second kappa shape index (κ2) is 6.49. The Bertz CT molecular complexity index is 701. The van der Waals surface area contributed by atoms with Crippen LogP contribution in [0.25, 0.3) is 0 Å². The summed E-state index contributed by atoms with van der Waals surface area (Å²) in [6, 6.07) is 7.11. The molecule has 0 unspecified atom stereocenters. The predicted octanol–water partition coefficient (Wildman–Crippen LogP) is 2.54. The molecule has 108 valence electrons. The lowest BCUT2D eigenvalue weighted by Gasteiger charge is -2.09. The van der Waals surface area contributed by atoms with E-state index in [1.165, 1.54) is 6.20 Å². The smallest absolute Gasteiger partial charge is 0.267 e. The Balaban J connectivity index is 2.02. The highest BCUT2D eigenvalue weighted by Crippen LogP contribution is 2.11. The van der Waals surface area contributed by atoms with Crippen LogP contribution in [0.2, 0.25) is 0 Å². The Hall–Kier alpha value is -2.21. The van der Waals surface area contributed by atoms with Gasteiger partial charge in [0.2, 0.25) is 0 Å². The summed E-state index contributed by atoms with van der Waals surface area (Å²) in [5, 5.41) is 0. The van der Waals surface area contributed by atoms with Crippen LogP contribution >= 0.6 is 15.9 Å². The lowest BCUT2D eigenvalue weighted by molar-refractivity contribution is 0.0846. The summed E-state index contributed by atoms with van der Waals surface area (Å²) in [5.74, 6) is -0.786. The third-order valence-electron chi connectivity index (χ3n) is 2.88. The van der Waals surface area contributed by atoms with Gasteiger partial charge in [-0.1, -0.05) is 17.7 Å². The molecule has 0 radical (unpaired) electrons. The number of benzene rings is 1. The van der Waals surface area contributed by atoms with Gasteiger partial charge in [0.25, 0.3) is 11.8 Å². The largest absolute Gasteiger partial charge is 0.271 e. The van der Waals surface area contributed by atoms with Crippen LogP contribution in [-0.2, 0) is 0 Å². The van der Waals surface area contributed by atoms with Crippen molar-refractivity contribution in [1.29, 1.82) is 0 Å². The van der Waals surface area contributed by atoms with Crippen molar-refractivity contribution >= 4 is 27.7 Å². The molecule has 0 aliphatic rings. The maximum absolute atomic E-state index is 12.0. The van der Waals surface area contributed by atoms with Gasteiger partial charge in [0.05, 0.1) is 5.56 Å². The molecule has 0 aliphatic carbocycles.